The van der Waals surface area contributed by atoms with E-state index in [0.717, 1.165) is 22.2 Å². The first-order valence-electron chi connectivity index (χ1n) is 11.3. The predicted molar refractivity (Wildman–Crippen MR) is 136 cm³/mol. The van der Waals surface area contributed by atoms with Crippen molar-refractivity contribution in [2.75, 3.05) is 45.3 Å². The second-order valence-corrected chi connectivity index (χ2v) is 8.50. The third-order valence-electron chi connectivity index (χ3n) is 5.79. The minimum atomic E-state index is -0.188. The fraction of sp³-hybridized carbons (Fsp3) is 0.231. The number of pyridine rings is 1. The number of methoxy groups -OCH3 is 1. The number of morpholine rings is 1. The van der Waals surface area contributed by atoms with E-state index in [9.17, 15) is 4.79 Å². The number of halogens is 1. The van der Waals surface area contributed by atoms with Gasteiger partial charge in [0.05, 0.1) is 43.8 Å². The maximum Gasteiger partial charge on any atom is 0.240 e. The lowest BCUT2D eigenvalue weighted by Gasteiger charge is -2.25. The number of aromatic nitrogens is 3. The van der Waals surface area contributed by atoms with Crippen LogP contribution in [0.15, 0.2) is 60.7 Å². The Hall–Kier alpha value is -3.59. The molecule has 8 nitrogen and oxygen atoms in total. The van der Waals surface area contributed by atoms with Gasteiger partial charge in [-0.3, -0.25) is 15.0 Å². The van der Waals surface area contributed by atoms with Crippen LogP contribution in [0.2, 0.25) is 5.15 Å². The third-order valence-corrected chi connectivity index (χ3v) is 6.08. The number of benzene rings is 2. The van der Waals surface area contributed by atoms with Crippen molar-refractivity contribution in [3.05, 3.63) is 65.8 Å². The number of fused-ring (bicyclic) bond motifs is 1. The molecule has 2 aromatic heterocycles. The Morgan fingerprint density at radius 2 is 1.77 bits per heavy atom. The number of ether oxygens (including phenoxy) is 2. The van der Waals surface area contributed by atoms with Crippen LogP contribution >= 0.6 is 11.6 Å². The highest BCUT2D eigenvalue weighted by Gasteiger charge is 2.17. The monoisotopic (exact) mass is 489 g/mol. The van der Waals surface area contributed by atoms with Crippen LogP contribution in [-0.4, -0.2) is 65.7 Å². The molecule has 4 aromatic rings. The Morgan fingerprint density at radius 3 is 2.54 bits per heavy atom. The number of rotatable bonds is 6. The van der Waals surface area contributed by atoms with Crippen molar-refractivity contribution in [2.24, 2.45) is 0 Å². The molecule has 0 spiro atoms. The summed E-state index contributed by atoms with van der Waals surface area (Å²) in [6, 6.07) is 19.1. The summed E-state index contributed by atoms with van der Waals surface area (Å²) in [7, 11) is 1.62. The van der Waals surface area contributed by atoms with E-state index >= 15 is 0 Å². The molecular formula is C26H24ClN5O3. The molecule has 0 radical (unpaired) electrons. The lowest BCUT2D eigenvalue weighted by Crippen LogP contribution is -2.41. The number of amides is 1. The number of hydrogen-bond acceptors (Lipinski definition) is 7. The van der Waals surface area contributed by atoms with E-state index in [4.69, 9.17) is 21.1 Å². The van der Waals surface area contributed by atoms with Crippen LogP contribution in [0.25, 0.3) is 33.4 Å². The van der Waals surface area contributed by atoms with Crippen molar-refractivity contribution < 1.29 is 14.3 Å². The highest BCUT2D eigenvalue weighted by atomic mass is 35.5. The molecule has 3 heterocycles. The SMILES string of the molecule is COc1ccc(-c2cc(-c3cc4ccccc4nc3Cl)nc(NC(=O)CN3CCOCC3)n2)cc1. The van der Waals surface area contributed by atoms with Crippen LogP contribution in [0.4, 0.5) is 5.95 Å². The molecule has 1 aliphatic rings. The third kappa shape index (κ3) is 5.40. The van der Waals surface area contributed by atoms with E-state index in [-0.39, 0.29) is 18.4 Å². The lowest BCUT2D eigenvalue weighted by atomic mass is 10.1. The number of nitrogens with zero attached hydrogens (tertiary/aromatic N) is 4. The van der Waals surface area contributed by atoms with Gasteiger partial charge in [0.2, 0.25) is 11.9 Å². The largest absolute Gasteiger partial charge is 0.497 e. The second-order valence-electron chi connectivity index (χ2n) is 8.15. The van der Waals surface area contributed by atoms with Crippen molar-refractivity contribution in [3.8, 4) is 28.3 Å². The van der Waals surface area contributed by atoms with Gasteiger partial charge in [-0.05, 0) is 42.5 Å². The summed E-state index contributed by atoms with van der Waals surface area (Å²) in [5.41, 5.74) is 3.51. The summed E-state index contributed by atoms with van der Waals surface area (Å²) in [4.78, 5) is 28.6. The number of hydrogen-bond donors (Lipinski definition) is 1. The number of nitrogens with one attached hydrogen (secondary N) is 1. The smallest absolute Gasteiger partial charge is 0.240 e. The van der Waals surface area contributed by atoms with Crippen molar-refractivity contribution in [1.29, 1.82) is 0 Å². The van der Waals surface area contributed by atoms with Gasteiger partial charge in [-0.2, -0.15) is 0 Å². The average Bonchev–Trinajstić information content (AvgIpc) is 2.88. The van der Waals surface area contributed by atoms with Gasteiger partial charge in [-0.15, -0.1) is 0 Å². The minimum Gasteiger partial charge on any atom is -0.497 e. The zero-order chi connectivity index (χ0) is 24.2. The molecule has 1 amide bonds. The van der Waals surface area contributed by atoms with Gasteiger partial charge in [0.25, 0.3) is 0 Å². The molecule has 0 aliphatic carbocycles. The molecule has 0 saturated carbocycles. The van der Waals surface area contributed by atoms with E-state index < -0.39 is 0 Å². The van der Waals surface area contributed by atoms with E-state index in [2.05, 4.69) is 20.3 Å². The number of carbonyl (C=O) groups is 1. The molecule has 1 N–H and O–H groups in total. The molecule has 5 rings (SSSR count). The van der Waals surface area contributed by atoms with Gasteiger partial charge in [-0.25, -0.2) is 15.0 Å². The summed E-state index contributed by atoms with van der Waals surface area (Å²) in [6.45, 7) is 2.91. The van der Waals surface area contributed by atoms with Crippen LogP contribution < -0.4 is 10.1 Å². The Labute approximate surface area is 207 Å². The van der Waals surface area contributed by atoms with Gasteiger partial charge in [0, 0.05) is 29.6 Å². The van der Waals surface area contributed by atoms with Gasteiger partial charge >= 0.3 is 0 Å². The molecule has 0 atom stereocenters. The van der Waals surface area contributed by atoms with E-state index in [1.807, 2.05) is 65.6 Å². The Kier molecular flexibility index (Phi) is 6.85. The molecule has 35 heavy (non-hydrogen) atoms. The Morgan fingerprint density at radius 1 is 1.03 bits per heavy atom. The van der Waals surface area contributed by atoms with Crippen molar-refractivity contribution in [3.63, 3.8) is 0 Å². The highest BCUT2D eigenvalue weighted by Crippen LogP contribution is 2.32. The van der Waals surface area contributed by atoms with Crippen LogP contribution in [0.3, 0.4) is 0 Å². The van der Waals surface area contributed by atoms with Crippen molar-refractivity contribution in [1.82, 2.24) is 19.9 Å². The molecular weight excluding hydrogens is 466 g/mol. The van der Waals surface area contributed by atoms with Crippen molar-refractivity contribution in [2.45, 2.75) is 0 Å². The first kappa shape index (κ1) is 23.2. The second kappa shape index (κ2) is 10.4. The maximum absolute atomic E-state index is 12.8. The first-order valence-corrected chi connectivity index (χ1v) is 11.7. The lowest BCUT2D eigenvalue weighted by molar-refractivity contribution is -0.118. The zero-order valence-electron chi connectivity index (χ0n) is 19.2. The molecule has 1 saturated heterocycles. The summed E-state index contributed by atoms with van der Waals surface area (Å²) in [5, 5.41) is 4.12. The molecule has 2 aromatic carbocycles. The van der Waals surface area contributed by atoms with Crippen LogP contribution in [0.5, 0.6) is 5.75 Å². The molecule has 1 fully saturated rings. The fourth-order valence-corrected chi connectivity index (χ4v) is 4.19. The summed E-state index contributed by atoms with van der Waals surface area (Å²) in [6.07, 6.45) is 0. The van der Waals surface area contributed by atoms with Gasteiger partial charge in [0.1, 0.15) is 10.9 Å². The normalized spacial score (nSPS) is 14.1. The topological polar surface area (TPSA) is 89.5 Å². The molecule has 9 heteroatoms. The van der Waals surface area contributed by atoms with Gasteiger partial charge < -0.3 is 9.47 Å². The zero-order valence-corrected chi connectivity index (χ0v) is 20.0. The van der Waals surface area contributed by atoms with Crippen LogP contribution in [0.1, 0.15) is 0 Å². The molecule has 0 bridgehead atoms. The first-order chi connectivity index (χ1) is 17.1. The van der Waals surface area contributed by atoms with Crippen LogP contribution in [-0.2, 0) is 9.53 Å². The summed E-state index contributed by atoms with van der Waals surface area (Å²) in [5.74, 6) is 0.757. The van der Waals surface area contributed by atoms with E-state index in [1.54, 1.807) is 7.11 Å². The molecule has 1 aliphatic heterocycles. The summed E-state index contributed by atoms with van der Waals surface area (Å²) >= 11 is 6.57. The molecule has 0 unspecified atom stereocenters. The fourth-order valence-electron chi connectivity index (χ4n) is 3.95. The van der Waals surface area contributed by atoms with E-state index in [1.165, 1.54) is 0 Å². The average molecular weight is 490 g/mol. The quantitative estimate of drug-likeness (QED) is 0.404. The molecule has 178 valence electrons. The number of anilines is 1. The number of carbonyl (C=O) groups excluding carboxylic acids is 1. The van der Waals surface area contributed by atoms with Gasteiger partial charge in [0.15, 0.2) is 0 Å². The van der Waals surface area contributed by atoms with Gasteiger partial charge in [-0.1, -0.05) is 29.8 Å². The Bertz CT molecular complexity index is 1360. The predicted octanol–water partition coefficient (Wildman–Crippen LogP) is 4.29. The van der Waals surface area contributed by atoms with Crippen LogP contribution in [0, 0.1) is 0 Å². The van der Waals surface area contributed by atoms with Crippen molar-refractivity contribution >= 4 is 34.4 Å². The Balaban J connectivity index is 1.53. The summed E-state index contributed by atoms with van der Waals surface area (Å²) < 4.78 is 10.6. The highest BCUT2D eigenvalue weighted by molar-refractivity contribution is 6.32. The standard InChI is InChI=1S/C26H24ClN5O3/c1-34-19-8-6-17(7-9-19)22-15-23(20-14-18-4-2-3-5-21(18)28-25(20)27)30-26(29-22)31-24(33)16-32-10-12-35-13-11-32/h2-9,14-15H,10-13,16H2,1H3,(H,29,30,31,33). The maximum atomic E-state index is 12.8. The minimum absolute atomic E-state index is 0.188. The van der Waals surface area contributed by atoms with E-state index in [0.29, 0.717) is 48.4 Å². The number of para-hydroxylation sites is 1.